The highest BCUT2D eigenvalue weighted by Gasteiger charge is 2.55. The lowest BCUT2D eigenvalue weighted by molar-refractivity contribution is -0.151. The molecule has 1 heterocycles. The van der Waals surface area contributed by atoms with E-state index >= 15 is 0 Å². The van der Waals surface area contributed by atoms with Crippen molar-refractivity contribution in [3.8, 4) is 12.3 Å². The molecule has 0 unspecified atom stereocenters. The fraction of sp³-hybridized carbons (Fsp3) is 0.625. The van der Waals surface area contributed by atoms with Crippen LogP contribution < -0.4 is 10.6 Å². The number of nitrogens with zero attached hydrogens (tertiary/aromatic N) is 1. The van der Waals surface area contributed by atoms with Crippen LogP contribution in [0.4, 0.5) is 4.79 Å². The minimum atomic E-state index is -0.917. The zero-order valence-electron chi connectivity index (χ0n) is 13.6. The summed E-state index contributed by atoms with van der Waals surface area (Å²) < 4.78 is 4.77. The number of urea groups is 1. The molecular formula is C16H21N3O5. The summed E-state index contributed by atoms with van der Waals surface area (Å²) >= 11 is 0. The Morgan fingerprint density at radius 2 is 2.21 bits per heavy atom. The van der Waals surface area contributed by atoms with Gasteiger partial charge in [0.1, 0.15) is 12.1 Å². The Morgan fingerprint density at radius 3 is 2.88 bits per heavy atom. The molecule has 0 bridgehead atoms. The third kappa shape index (κ3) is 3.50. The van der Waals surface area contributed by atoms with Crippen molar-refractivity contribution in [3.63, 3.8) is 0 Å². The molecule has 2 aliphatic rings. The molecule has 0 aromatic heterocycles. The average molecular weight is 335 g/mol. The van der Waals surface area contributed by atoms with Crippen LogP contribution in [0.5, 0.6) is 0 Å². The van der Waals surface area contributed by atoms with Crippen LogP contribution in [0.2, 0.25) is 0 Å². The Morgan fingerprint density at radius 1 is 1.46 bits per heavy atom. The van der Waals surface area contributed by atoms with Gasteiger partial charge in [-0.15, -0.1) is 6.42 Å². The summed E-state index contributed by atoms with van der Waals surface area (Å²) in [7, 11) is 0. The van der Waals surface area contributed by atoms with Crippen molar-refractivity contribution in [2.24, 2.45) is 5.92 Å². The van der Waals surface area contributed by atoms with Crippen LogP contribution in [0.3, 0.4) is 0 Å². The highest BCUT2D eigenvalue weighted by atomic mass is 16.5. The largest absolute Gasteiger partial charge is 0.454 e. The number of nitrogens with one attached hydrogen (secondary N) is 2. The molecule has 24 heavy (non-hydrogen) atoms. The SMILES string of the molecule is C#CCNC(=O)COC(=O)CN1C(=O)N[C@]2(CCCC[C@H]2C)C1=O. The van der Waals surface area contributed by atoms with Gasteiger partial charge < -0.3 is 15.4 Å². The van der Waals surface area contributed by atoms with Gasteiger partial charge in [0.15, 0.2) is 6.61 Å². The first-order chi connectivity index (χ1) is 11.4. The molecular weight excluding hydrogens is 314 g/mol. The molecule has 2 atom stereocenters. The summed E-state index contributed by atoms with van der Waals surface area (Å²) in [5, 5.41) is 5.08. The van der Waals surface area contributed by atoms with Gasteiger partial charge in [0.2, 0.25) is 0 Å². The van der Waals surface area contributed by atoms with Crippen LogP contribution in [0.1, 0.15) is 32.6 Å². The number of terminal acetylenes is 1. The first kappa shape index (κ1) is 17.8. The normalized spacial score (nSPS) is 26.0. The van der Waals surface area contributed by atoms with Crippen LogP contribution in [0, 0.1) is 18.3 Å². The molecule has 130 valence electrons. The van der Waals surface area contributed by atoms with E-state index in [-0.39, 0.29) is 12.5 Å². The molecule has 2 N–H and O–H groups in total. The number of carbonyl (C=O) groups is 4. The van der Waals surface area contributed by atoms with Gasteiger partial charge in [0.25, 0.3) is 11.8 Å². The Kier molecular flexibility index (Phi) is 5.44. The lowest BCUT2D eigenvalue weighted by Crippen LogP contribution is -2.54. The number of esters is 1. The van der Waals surface area contributed by atoms with Crippen LogP contribution in [-0.4, -0.2) is 54.0 Å². The Bertz CT molecular complexity index is 597. The van der Waals surface area contributed by atoms with Gasteiger partial charge in [0.05, 0.1) is 6.54 Å². The minimum Gasteiger partial charge on any atom is -0.454 e. The Hall–Kier alpha value is -2.56. The maximum absolute atomic E-state index is 12.7. The molecule has 4 amide bonds. The van der Waals surface area contributed by atoms with Crippen LogP contribution in [0.15, 0.2) is 0 Å². The number of imide groups is 1. The second-order valence-corrected chi connectivity index (χ2v) is 6.08. The van der Waals surface area contributed by atoms with Crippen molar-refractivity contribution < 1.29 is 23.9 Å². The summed E-state index contributed by atoms with van der Waals surface area (Å²) in [5.41, 5.74) is -0.917. The highest BCUT2D eigenvalue weighted by Crippen LogP contribution is 2.38. The zero-order valence-corrected chi connectivity index (χ0v) is 13.6. The quantitative estimate of drug-likeness (QED) is 0.411. The minimum absolute atomic E-state index is 0.0123. The van der Waals surface area contributed by atoms with E-state index in [4.69, 9.17) is 11.2 Å². The van der Waals surface area contributed by atoms with Crippen molar-refractivity contribution in [1.29, 1.82) is 0 Å². The molecule has 8 nitrogen and oxygen atoms in total. The van der Waals surface area contributed by atoms with Crippen molar-refractivity contribution in [3.05, 3.63) is 0 Å². The van der Waals surface area contributed by atoms with E-state index in [2.05, 4.69) is 16.6 Å². The van der Waals surface area contributed by atoms with Gasteiger partial charge in [-0.3, -0.25) is 19.3 Å². The van der Waals surface area contributed by atoms with E-state index in [1.165, 1.54) is 0 Å². The molecule has 1 spiro atoms. The molecule has 1 aliphatic heterocycles. The van der Waals surface area contributed by atoms with Crippen LogP contribution >= 0.6 is 0 Å². The number of ether oxygens (including phenoxy) is 1. The molecule has 0 aromatic rings. The van der Waals surface area contributed by atoms with Gasteiger partial charge in [-0.1, -0.05) is 25.7 Å². The molecule has 2 rings (SSSR count). The van der Waals surface area contributed by atoms with Crippen LogP contribution in [-0.2, 0) is 19.1 Å². The van der Waals surface area contributed by atoms with Gasteiger partial charge >= 0.3 is 12.0 Å². The van der Waals surface area contributed by atoms with Crippen LogP contribution in [0.25, 0.3) is 0 Å². The fourth-order valence-electron chi connectivity index (χ4n) is 3.16. The third-order valence-corrected chi connectivity index (χ3v) is 4.54. The van der Waals surface area contributed by atoms with E-state index in [1.54, 1.807) is 0 Å². The summed E-state index contributed by atoms with van der Waals surface area (Å²) in [5.74, 6) is 0.463. The predicted octanol–water partition coefficient (Wildman–Crippen LogP) is -0.220. The summed E-state index contributed by atoms with van der Waals surface area (Å²) in [6.45, 7) is 0.937. The van der Waals surface area contributed by atoms with Crippen molar-refractivity contribution in [1.82, 2.24) is 15.5 Å². The number of hydrogen-bond acceptors (Lipinski definition) is 5. The predicted molar refractivity (Wildman–Crippen MR) is 83.4 cm³/mol. The van der Waals surface area contributed by atoms with Crippen molar-refractivity contribution in [2.75, 3.05) is 19.7 Å². The Balaban J connectivity index is 1.91. The van der Waals surface area contributed by atoms with Gasteiger partial charge in [-0.05, 0) is 18.8 Å². The number of rotatable bonds is 5. The molecule has 2 fully saturated rings. The molecule has 1 saturated carbocycles. The number of hydrogen-bond donors (Lipinski definition) is 2. The second-order valence-electron chi connectivity index (χ2n) is 6.08. The van der Waals surface area contributed by atoms with Gasteiger partial charge in [-0.25, -0.2) is 4.79 Å². The van der Waals surface area contributed by atoms with Gasteiger partial charge in [-0.2, -0.15) is 0 Å². The topological polar surface area (TPSA) is 105 Å². The fourth-order valence-corrected chi connectivity index (χ4v) is 3.16. The molecule has 8 heteroatoms. The average Bonchev–Trinajstić information content (AvgIpc) is 2.79. The number of carbonyl (C=O) groups excluding carboxylic acids is 4. The first-order valence-electron chi connectivity index (χ1n) is 7.90. The third-order valence-electron chi connectivity index (χ3n) is 4.54. The van der Waals surface area contributed by atoms with E-state index < -0.39 is 42.5 Å². The molecule has 1 aliphatic carbocycles. The maximum atomic E-state index is 12.7. The van der Waals surface area contributed by atoms with E-state index in [0.29, 0.717) is 6.42 Å². The van der Waals surface area contributed by atoms with E-state index in [1.807, 2.05) is 6.92 Å². The van der Waals surface area contributed by atoms with Crippen molar-refractivity contribution in [2.45, 2.75) is 38.1 Å². The first-order valence-corrected chi connectivity index (χ1v) is 7.90. The summed E-state index contributed by atoms with van der Waals surface area (Å²) in [4.78, 5) is 48.7. The highest BCUT2D eigenvalue weighted by molar-refractivity contribution is 6.09. The summed E-state index contributed by atoms with van der Waals surface area (Å²) in [6.07, 6.45) is 8.27. The molecule has 1 saturated heterocycles. The van der Waals surface area contributed by atoms with Gasteiger partial charge in [0, 0.05) is 0 Å². The monoisotopic (exact) mass is 335 g/mol. The molecule has 0 radical (unpaired) electrons. The summed E-state index contributed by atoms with van der Waals surface area (Å²) in [6, 6.07) is -0.595. The van der Waals surface area contributed by atoms with Crippen molar-refractivity contribution >= 4 is 23.8 Å². The lowest BCUT2D eigenvalue weighted by Gasteiger charge is -2.36. The zero-order chi connectivity index (χ0) is 17.7. The lowest BCUT2D eigenvalue weighted by atomic mass is 9.73. The second kappa shape index (κ2) is 7.34. The van der Waals surface area contributed by atoms with E-state index in [9.17, 15) is 19.2 Å². The van der Waals surface area contributed by atoms with E-state index in [0.717, 1.165) is 24.2 Å². The standard InChI is InChI=1S/C16H21N3O5/c1-3-8-17-12(20)10-24-13(21)9-19-14(22)16(18-15(19)23)7-5-4-6-11(16)2/h1,11H,4-10H2,2H3,(H,17,20)(H,18,23)/t11-,16+/m1/s1. The smallest absolute Gasteiger partial charge is 0.326 e. The molecule has 0 aromatic carbocycles. The maximum Gasteiger partial charge on any atom is 0.326 e. The number of amides is 4. The Labute approximate surface area is 140 Å².